The monoisotopic (exact) mass is 415 g/mol. The first-order valence-electron chi connectivity index (χ1n) is 8.59. The van der Waals surface area contributed by atoms with E-state index in [1.807, 2.05) is 38.2 Å². The van der Waals surface area contributed by atoms with E-state index < -0.39 is 10.0 Å². The average molecular weight is 416 g/mol. The maximum atomic E-state index is 12.7. The van der Waals surface area contributed by atoms with Crippen LogP contribution < -0.4 is 10.5 Å². The van der Waals surface area contributed by atoms with Crippen LogP contribution in [0, 0.1) is 20.8 Å². The normalized spacial score (nSPS) is 11.4. The van der Waals surface area contributed by atoms with Gasteiger partial charge in [0.1, 0.15) is 0 Å². The molecule has 8 heteroatoms. The van der Waals surface area contributed by atoms with Gasteiger partial charge in [-0.3, -0.25) is 4.79 Å². The van der Waals surface area contributed by atoms with Crippen molar-refractivity contribution in [3.8, 4) is 0 Å². The van der Waals surface area contributed by atoms with Gasteiger partial charge in [-0.2, -0.15) is 0 Å². The number of benzene rings is 2. The Morgan fingerprint density at radius 2 is 1.93 bits per heavy atom. The molecule has 1 aromatic heterocycles. The van der Waals surface area contributed by atoms with Crippen LogP contribution in [-0.2, 0) is 16.4 Å². The number of primary sulfonamides is 1. The van der Waals surface area contributed by atoms with Gasteiger partial charge in [-0.15, -0.1) is 11.3 Å². The fourth-order valence-corrected chi connectivity index (χ4v) is 4.28. The van der Waals surface area contributed by atoms with Crippen molar-refractivity contribution in [3.05, 3.63) is 74.7 Å². The topological polar surface area (TPSA) is 102 Å². The molecule has 3 aromatic rings. The summed E-state index contributed by atoms with van der Waals surface area (Å²) < 4.78 is 23.4. The van der Waals surface area contributed by atoms with Crippen LogP contribution in [-0.4, -0.2) is 19.3 Å². The van der Waals surface area contributed by atoms with Gasteiger partial charge < -0.3 is 5.32 Å². The lowest BCUT2D eigenvalue weighted by Crippen LogP contribution is -2.16. The summed E-state index contributed by atoms with van der Waals surface area (Å²) in [5, 5.41) is 9.05. The van der Waals surface area contributed by atoms with Crippen molar-refractivity contribution >= 4 is 33.0 Å². The van der Waals surface area contributed by atoms with E-state index in [0.717, 1.165) is 26.6 Å². The highest BCUT2D eigenvalue weighted by Gasteiger charge is 2.15. The molecule has 0 unspecified atom stereocenters. The van der Waals surface area contributed by atoms with Crippen LogP contribution in [0.25, 0.3) is 0 Å². The fraction of sp³-hybridized carbons (Fsp3) is 0.200. The second-order valence-corrected chi connectivity index (χ2v) is 9.52. The Morgan fingerprint density at radius 1 is 1.18 bits per heavy atom. The first-order chi connectivity index (χ1) is 13.1. The van der Waals surface area contributed by atoms with Crippen LogP contribution in [0.1, 0.15) is 36.9 Å². The standard InChI is InChI=1S/C20H21N3O3S2/c1-12-7-18(28(21,25)26)10-19(13(12)2)23-20(24)16-6-4-5-15(8-16)9-17-11-22-14(3)27-17/h4-8,10-11H,9H2,1-3H3,(H,23,24)(H2,21,25,26). The number of sulfonamides is 1. The molecule has 0 radical (unpaired) electrons. The Hall–Kier alpha value is -2.55. The van der Waals surface area contributed by atoms with Gasteiger partial charge in [-0.05, 0) is 61.7 Å². The lowest BCUT2D eigenvalue weighted by molar-refractivity contribution is 0.102. The minimum atomic E-state index is -3.86. The highest BCUT2D eigenvalue weighted by molar-refractivity contribution is 7.89. The Labute approximate surface area is 168 Å². The van der Waals surface area contributed by atoms with Crippen molar-refractivity contribution < 1.29 is 13.2 Å². The number of nitrogens with two attached hydrogens (primary N) is 1. The maximum absolute atomic E-state index is 12.7. The summed E-state index contributed by atoms with van der Waals surface area (Å²) >= 11 is 1.63. The molecule has 3 rings (SSSR count). The molecule has 0 spiro atoms. The van der Waals surface area contributed by atoms with E-state index in [0.29, 0.717) is 17.7 Å². The van der Waals surface area contributed by atoms with Crippen LogP contribution in [0.4, 0.5) is 5.69 Å². The van der Waals surface area contributed by atoms with Crippen LogP contribution in [0.2, 0.25) is 0 Å². The number of carbonyl (C=O) groups is 1. The third-order valence-electron chi connectivity index (χ3n) is 4.45. The number of nitrogens with zero attached hydrogens (tertiary/aromatic N) is 1. The number of thiazole rings is 1. The lowest BCUT2D eigenvalue weighted by Gasteiger charge is -2.13. The predicted octanol–water partition coefficient (Wildman–Crippen LogP) is 3.56. The van der Waals surface area contributed by atoms with Crippen LogP contribution >= 0.6 is 11.3 Å². The number of rotatable bonds is 5. The minimum absolute atomic E-state index is 0.0276. The first-order valence-corrected chi connectivity index (χ1v) is 11.0. The number of nitrogens with one attached hydrogen (secondary N) is 1. The maximum Gasteiger partial charge on any atom is 0.255 e. The van der Waals surface area contributed by atoms with Gasteiger partial charge in [0, 0.05) is 28.7 Å². The molecular formula is C20H21N3O3S2. The first kappa shape index (κ1) is 20.2. The summed E-state index contributed by atoms with van der Waals surface area (Å²) in [6.07, 6.45) is 2.54. The highest BCUT2D eigenvalue weighted by atomic mass is 32.2. The molecule has 0 bridgehead atoms. The fourth-order valence-electron chi connectivity index (χ4n) is 2.83. The highest BCUT2D eigenvalue weighted by Crippen LogP contribution is 2.24. The van der Waals surface area contributed by atoms with Gasteiger partial charge in [0.2, 0.25) is 10.0 Å². The molecule has 1 heterocycles. The van der Waals surface area contributed by atoms with Crippen molar-refractivity contribution in [2.24, 2.45) is 5.14 Å². The Morgan fingerprint density at radius 3 is 2.57 bits per heavy atom. The van der Waals surface area contributed by atoms with Crippen LogP contribution in [0.15, 0.2) is 47.5 Å². The van der Waals surface area contributed by atoms with E-state index in [9.17, 15) is 13.2 Å². The van der Waals surface area contributed by atoms with E-state index in [2.05, 4.69) is 10.3 Å². The molecule has 0 saturated heterocycles. The Balaban J connectivity index is 1.85. The number of hydrogen-bond donors (Lipinski definition) is 2. The summed E-state index contributed by atoms with van der Waals surface area (Å²) in [5.41, 5.74) is 3.45. The predicted molar refractivity (Wildman–Crippen MR) is 111 cm³/mol. The second kappa shape index (κ2) is 7.83. The number of aryl methyl sites for hydroxylation is 2. The van der Waals surface area contributed by atoms with E-state index in [4.69, 9.17) is 5.14 Å². The lowest BCUT2D eigenvalue weighted by atomic mass is 10.1. The molecule has 2 aromatic carbocycles. The van der Waals surface area contributed by atoms with Crippen molar-refractivity contribution in [3.63, 3.8) is 0 Å². The minimum Gasteiger partial charge on any atom is -0.322 e. The van der Waals surface area contributed by atoms with Gasteiger partial charge in [0.05, 0.1) is 9.90 Å². The number of aromatic nitrogens is 1. The van der Waals surface area contributed by atoms with Gasteiger partial charge in [0.15, 0.2) is 0 Å². The summed E-state index contributed by atoms with van der Waals surface area (Å²) in [6.45, 7) is 5.55. The number of amides is 1. The quantitative estimate of drug-likeness (QED) is 0.665. The molecule has 1 amide bonds. The van der Waals surface area contributed by atoms with Gasteiger partial charge in [-0.1, -0.05) is 12.1 Å². The molecule has 0 atom stereocenters. The third kappa shape index (κ3) is 4.64. The third-order valence-corrected chi connectivity index (χ3v) is 6.26. The summed E-state index contributed by atoms with van der Waals surface area (Å²) in [4.78, 5) is 18.1. The number of hydrogen-bond acceptors (Lipinski definition) is 5. The zero-order valence-electron chi connectivity index (χ0n) is 15.8. The van der Waals surface area contributed by atoms with E-state index in [1.54, 1.807) is 24.3 Å². The molecule has 6 nitrogen and oxygen atoms in total. The second-order valence-electron chi connectivity index (χ2n) is 6.63. The largest absolute Gasteiger partial charge is 0.322 e. The number of carbonyl (C=O) groups excluding carboxylic acids is 1. The summed E-state index contributed by atoms with van der Waals surface area (Å²) in [6, 6.07) is 10.2. The van der Waals surface area contributed by atoms with E-state index in [1.165, 1.54) is 12.1 Å². The molecule has 0 aliphatic carbocycles. The summed E-state index contributed by atoms with van der Waals surface area (Å²) in [5.74, 6) is -0.309. The smallest absolute Gasteiger partial charge is 0.255 e. The van der Waals surface area contributed by atoms with Crippen molar-refractivity contribution in [1.29, 1.82) is 0 Å². The molecule has 146 valence electrons. The van der Waals surface area contributed by atoms with E-state index in [-0.39, 0.29) is 10.8 Å². The van der Waals surface area contributed by atoms with Crippen LogP contribution in [0.3, 0.4) is 0 Å². The number of anilines is 1. The molecule has 28 heavy (non-hydrogen) atoms. The molecular weight excluding hydrogens is 394 g/mol. The van der Waals surface area contributed by atoms with E-state index >= 15 is 0 Å². The zero-order chi connectivity index (χ0) is 20.5. The Bertz CT molecular complexity index is 1150. The zero-order valence-corrected chi connectivity index (χ0v) is 17.4. The van der Waals surface area contributed by atoms with Gasteiger partial charge in [-0.25, -0.2) is 18.5 Å². The van der Waals surface area contributed by atoms with Crippen molar-refractivity contribution in [1.82, 2.24) is 4.98 Å². The molecule has 3 N–H and O–H groups in total. The average Bonchev–Trinajstić information content (AvgIpc) is 3.02. The Kier molecular flexibility index (Phi) is 5.64. The van der Waals surface area contributed by atoms with Crippen molar-refractivity contribution in [2.45, 2.75) is 32.1 Å². The molecule has 0 fully saturated rings. The summed E-state index contributed by atoms with van der Waals surface area (Å²) in [7, 11) is -3.86. The van der Waals surface area contributed by atoms with Gasteiger partial charge >= 0.3 is 0 Å². The van der Waals surface area contributed by atoms with Crippen molar-refractivity contribution in [2.75, 3.05) is 5.32 Å². The molecule has 0 saturated carbocycles. The van der Waals surface area contributed by atoms with Crippen LogP contribution in [0.5, 0.6) is 0 Å². The van der Waals surface area contributed by atoms with Gasteiger partial charge in [0.25, 0.3) is 5.91 Å². The molecule has 0 aliphatic heterocycles. The SMILES string of the molecule is Cc1ncc(Cc2cccc(C(=O)Nc3cc(S(N)(=O)=O)cc(C)c3C)c2)s1. The molecule has 0 aliphatic rings.